The van der Waals surface area contributed by atoms with Crippen LogP contribution in [0, 0.1) is 0 Å². The van der Waals surface area contributed by atoms with Gasteiger partial charge >= 0.3 is 0 Å². The van der Waals surface area contributed by atoms with Gasteiger partial charge in [0.15, 0.2) is 0 Å². The second-order valence-electron chi connectivity index (χ2n) is 3.52. The minimum atomic E-state index is -0.0406. The minimum Gasteiger partial charge on any atom is -0.384 e. The molecule has 0 amide bonds. The standard InChI is InChI=1S/C11H11Cl2N3/c1-7(16-10(14)5-6-15-16)8-3-2-4-9(12)11(8)13/h2-7H,14H2,1H3. The van der Waals surface area contributed by atoms with Crippen LogP contribution >= 0.6 is 23.2 Å². The molecule has 0 aliphatic heterocycles. The van der Waals surface area contributed by atoms with E-state index in [0.717, 1.165) is 5.56 Å². The molecule has 0 spiro atoms. The summed E-state index contributed by atoms with van der Waals surface area (Å²) in [5, 5.41) is 5.24. The zero-order chi connectivity index (χ0) is 11.7. The smallest absolute Gasteiger partial charge is 0.122 e. The predicted molar refractivity (Wildman–Crippen MR) is 66.9 cm³/mol. The minimum absolute atomic E-state index is 0.0406. The number of nitrogen functional groups attached to an aromatic ring is 1. The third kappa shape index (κ3) is 1.88. The molecular formula is C11H11Cl2N3. The van der Waals surface area contributed by atoms with E-state index in [-0.39, 0.29) is 6.04 Å². The first-order chi connectivity index (χ1) is 7.61. The Balaban J connectivity index is 2.46. The van der Waals surface area contributed by atoms with Gasteiger partial charge in [-0.25, -0.2) is 4.68 Å². The van der Waals surface area contributed by atoms with Gasteiger partial charge in [0.05, 0.1) is 22.3 Å². The Bertz CT molecular complexity index is 508. The van der Waals surface area contributed by atoms with E-state index >= 15 is 0 Å². The van der Waals surface area contributed by atoms with Crippen LogP contribution in [0.1, 0.15) is 18.5 Å². The molecule has 1 aromatic carbocycles. The number of nitrogens with zero attached hydrogens (tertiary/aromatic N) is 2. The van der Waals surface area contributed by atoms with E-state index in [4.69, 9.17) is 28.9 Å². The molecule has 0 radical (unpaired) electrons. The van der Waals surface area contributed by atoms with Crippen LogP contribution in [-0.4, -0.2) is 9.78 Å². The van der Waals surface area contributed by atoms with E-state index in [1.807, 2.05) is 19.1 Å². The summed E-state index contributed by atoms with van der Waals surface area (Å²) in [6, 6.07) is 7.24. The largest absolute Gasteiger partial charge is 0.384 e. The first kappa shape index (κ1) is 11.3. The van der Waals surface area contributed by atoms with Crippen LogP contribution in [0.4, 0.5) is 5.82 Å². The van der Waals surface area contributed by atoms with E-state index < -0.39 is 0 Å². The Labute approximate surface area is 104 Å². The summed E-state index contributed by atoms with van der Waals surface area (Å²) < 4.78 is 1.71. The lowest BCUT2D eigenvalue weighted by molar-refractivity contribution is 0.573. The molecule has 5 heteroatoms. The maximum Gasteiger partial charge on any atom is 0.122 e. The lowest BCUT2D eigenvalue weighted by Crippen LogP contribution is -2.11. The van der Waals surface area contributed by atoms with Gasteiger partial charge in [-0.3, -0.25) is 0 Å². The fourth-order valence-electron chi connectivity index (χ4n) is 1.62. The number of aromatic nitrogens is 2. The van der Waals surface area contributed by atoms with Gasteiger partial charge in [-0.15, -0.1) is 0 Å². The molecule has 2 aromatic rings. The third-order valence-corrected chi connectivity index (χ3v) is 3.33. The number of nitrogens with two attached hydrogens (primary N) is 1. The average molecular weight is 256 g/mol. The fourth-order valence-corrected chi connectivity index (χ4v) is 2.09. The molecule has 0 fully saturated rings. The maximum atomic E-state index is 6.14. The van der Waals surface area contributed by atoms with Crippen molar-refractivity contribution in [1.82, 2.24) is 9.78 Å². The molecule has 2 N–H and O–H groups in total. The average Bonchev–Trinajstić information content (AvgIpc) is 2.68. The Morgan fingerprint density at radius 2 is 2.06 bits per heavy atom. The Hall–Kier alpha value is -1.19. The second kappa shape index (κ2) is 4.36. The first-order valence-corrected chi connectivity index (χ1v) is 5.59. The lowest BCUT2D eigenvalue weighted by atomic mass is 10.1. The van der Waals surface area contributed by atoms with Crippen molar-refractivity contribution in [2.24, 2.45) is 0 Å². The highest BCUT2D eigenvalue weighted by Crippen LogP contribution is 2.32. The van der Waals surface area contributed by atoms with Crippen molar-refractivity contribution in [3.63, 3.8) is 0 Å². The second-order valence-corrected chi connectivity index (χ2v) is 4.30. The molecule has 16 heavy (non-hydrogen) atoms. The van der Waals surface area contributed by atoms with Crippen molar-refractivity contribution in [1.29, 1.82) is 0 Å². The zero-order valence-corrected chi connectivity index (χ0v) is 10.2. The summed E-state index contributed by atoms with van der Waals surface area (Å²) in [7, 11) is 0. The van der Waals surface area contributed by atoms with Gasteiger partial charge in [0, 0.05) is 0 Å². The van der Waals surface area contributed by atoms with Gasteiger partial charge in [-0.1, -0.05) is 35.3 Å². The highest BCUT2D eigenvalue weighted by Gasteiger charge is 2.15. The topological polar surface area (TPSA) is 43.8 Å². The van der Waals surface area contributed by atoms with Crippen molar-refractivity contribution in [3.8, 4) is 0 Å². The molecule has 0 bridgehead atoms. The van der Waals surface area contributed by atoms with Crippen LogP contribution < -0.4 is 5.73 Å². The highest BCUT2D eigenvalue weighted by atomic mass is 35.5. The third-order valence-electron chi connectivity index (χ3n) is 2.50. The monoisotopic (exact) mass is 255 g/mol. The molecule has 2 rings (SSSR count). The van der Waals surface area contributed by atoms with Crippen LogP contribution in [0.2, 0.25) is 10.0 Å². The summed E-state index contributed by atoms with van der Waals surface area (Å²) in [5.74, 6) is 0.601. The predicted octanol–water partition coefficient (Wildman–Crippen LogP) is 3.38. The lowest BCUT2D eigenvalue weighted by Gasteiger charge is -2.16. The molecular weight excluding hydrogens is 245 g/mol. The Kier molecular flexibility index (Phi) is 3.08. The summed E-state index contributed by atoms with van der Waals surface area (Å²) in [6.45, 7) is 1.97. The molecule has 0 saturated heterocycles. The van der Waals surface area contributed by atoms with Gasteiger partial charge in [-0.05, 0) is 24.6 Å². The van der Waals surface area contributed by atoms with Crippen LogP contribution in [0.3, 0.4) is 0 Å². The Morgan fingerprint density at radius 3 is 2.69 bits per heavy atom. The van der Waals surface area contributed by atoms with E-state index in [0.29, 0.717) is 15.9 Å². The molecule has 1 heterocycles. The van der Waals surface area contributed by atoms with E-state index in [2.05, 4.69) is 5.10 Å². The van der Waals surface area contributed by atoms with Crippen LogP contribution in [0.5, 0.6) is 0 Å². The number of benzene rings is 1. The van der Waals surface area contributed by atoms with Gasteiger partial charge in [0.1, 0.15) is 5.82 Å². The Morgan fingerprint density at radius 1 is 1.31 bits per heavy atom. The van der Waals surface area contributed by atoms with E-state index in [9.17, 15) is 0 Å². The number of rotatable bonds is 2. The van der Waals surface area contributed by atoms with Crippen molar-refractivity contribution < 1.29 is 0 Å². The molecule has 1 aromatic heterocycles. The summed E-state index contributed by atoms with van der Waals surface area (Å²) in [5.41, 5.74) is 6.70. The number of hydrogen-bond donors (Lipinski definition) is 1. The highest BCUT2D eigenvalue weighted by molar-refractivity contribution is 6.42. The van der Waals surface area contributed by atoms with Crippen molar-refractivity contribution >= 4 is 29.0 Å². The maximum absolute atomic E-state index is 6.14. The number of halogens is 2. The van der Waals surface area contributed by atoms with Gasteiger partial charge in [0.2, 0.25) is 0 Å². The molecule has 0 aliphatic carbocycles. The first-order valence-electron chi connectivity index (χ1n) is 4.84. The van der Waals surface area contributed by atoms with Gasteiger partial charge in [0.25, 0.3) is 0 Å². The molecule has 1 atom stereocenters. The van der Waals surface area contributed by atoms with Crippen molar-refractivity contribution in [3.05, 3.63) is 46.1 Å². The molecule has 3 nitrogen and oxygen atoms in total. The van der Waals surface area contributed by atoms with E-state index in [1.165, 1.54) is 0 Å². The number of hydrogen-bond acceptors (Lipinski definition) is 2. The molecule has 1 unspecified atom stereocenters. The van der Waals surface area contributed by atoms with Crippen LogP contribution in [0.25, 0.3) is 0 Å². The molecule has 0 saturated carbocycles. The molecule has 84 valence electrons. The van der Waals surface area contributed by atoms with Crippen LogP contribution in [-0.2, 0) is 0 Å². The van der Waals surface area contributed by atoms with E-state index in [1.54, 1.807) is 23.0 Å². The van der Waals surface area contributed by atoms with Crippen molar-refractivity contribution in [2.75, 3.05) is 5.73 Å². The SMILES string of the molecule is CC(c1cccc(Cl)c1Cl)n1nccc1N. The summed E-state index contributed by atoms with van der Waals surface area (Å²) in [6.07, 6.45) is 1.66. The van der Waals surface area contributed by atoms with Gasteiger partial charge in [-0.2, -0.15) is 5.10 Å². The zero-order valence-electron chi connectivity index (χ0n) is 8.69. The van der Waals surface area contributed by atoms with Crippen LogP contribution in [0.15, 0.2) is 30.5 Å². The summed E-state index contributed by atoms with van der Waals surface area (Å²) >= 11 is 12.1. The van der Waals surface area contributed by atoms with Gasteiger partial charge < -0.3 is 5.73 Å². The quantitative estimate of drug-likeness (QED) is 0.895. The fraction of sp³-hybridized carbons (Fsp3) is 0.182. The summed E-state index contributed by atoms with van der Waals surface area (Å²) in [4.78, 5) is 0. The normalized spacial score (nSPS) is 12.7. The molecule has 0 aliphatic rings. The number of anilines is 1. The van der Waals surface area contributed by atoms with Crippen molar-refractivity contribution in [2.45, 2.75) is 13.0 Å².